The van der Waals surface area contributed by atoms with Crippen LogP contribution >= 0.6 is 11.6 Å². The molecular formula is C13H11ClF3NO. The number of furan rings is 1. The summed E-state index contributed by atoms with van der Waals surface area (Å²) in [5.74, 6) is 0. The number of nitrogens with one attached hydrogen (secondary N) is 1. The summed E-state index contributed by atoms with van der Waals surface area (Å²) in [5, 5.41) is 3.09. The lowest BCUT2D eigenvalue weighted by molar-refractivity contribution is -0.137. The van der Waals surface area contributed by atoms with E-state index in [-0.39, 0.29) is 5.22 Å². The summed E-state index contributed by atoms with van der Waals surface area (Å²) in [6.45, 7) is 0. The van der Waals surface area contributed by atoms with Gasteiger partial charge in [-0.2, -0.15) is 13.2 Å². The third-order valence-electron chi connectivity index (χ3n) is 2.79. The van der Waals surface area contributed by atoms with Gasteiger partial charge in [-0.25, -0.2) is 0 Å². The quantitative estimate of drug-likeness (QED) is 0.913. The number of rotatable bonds is 3. The molecule has 2 nitrogen and oxygen atoms in total. The highest BCUT2D eigenvalue weighted by molar-refractivity contribution is 6.29. The zero-order valence-electron chi connectivity index (χ0n) is 9.96. The van der Waals surface area contributed by atoms with E-state index in [0.29, 0.717) is 11.1 Å². The first-order valence-electron chi connectivity index (χ1n) is 5.51. The van der Waals surface area contributed by atoms with Gasteiger partial charge >= 0.3 is 6.18 Å². The van der Waals surface area contributed by atoms with Crippen LogP contribution in [0.4, 0.5) is 13.2 Å². The maximum atomic E-state index is 12.7. The van der Waals surface area contributed by atoms with Crippen LogP contribution in [0.25, 0.3) is 0 Å². The first-order chi connectivity index (χ1) is 8.93. The van der Waals surface area contributed by atoms with E-state index < -0.39 is 17.8 Å². The maximum absolute atomic E-state index is 12.7. The van der Waals surface area contributed by atoms with E-state index in [4.69, 9.17) is 16.0 Å². The van der Waals surface area contributed by atoms with Crippen LogP contribution in [0.2, 0.25) is 5.22 Å². The normalized spacial score (nSPS) is 13.5. The predicted octanol–water partition coefficient (Wildman–Crippen LogP) is 4.26. The standard InChI is InChI=1S/C13H11ClF3NO/c1-18-11(10-5-6-19-12(10)14)8-3-2-4-9(7-8)13(15,16)17/h2-7,11,18H,1H3. The molecule has 0 fully saturated rings. The molecule has 0 amide bonds. The average molecular weight is 290 g/mol. The van der Waals surface area contributed by atoms with Gasteiger partial charge in [-0.15, -0.1) is 0 Å². The Labute approximate surface area is 113 Å². The third kappa shape index (κ3) is 2.93. The van der Waals surface area contributed by atoms with E-state index in [1.54, 1.807) is 19.2 Å². The molecule has 1 aromatic carbocycles. The van der Waals surface area contributed by atoms with Gasteiger partial charge in [0.2, 0.25) is 0 Å². The van der Waals surface area contributed by atoms with Gasteiger partial charge in [0.05, 0.1) is 17.9 Å². The molecule has 1 heterocycles. The molecule has 1 N–H and O–H groups in total. The molecule has 19 heavy (non-hydrogen) atoms. The maximum Gasteiger partial charge on any atom is 0.416 e. The van der Waals surface area contributed by atoms with Gasteiger partial charge in [-0.05, 0) is 42.4 Å². The van der Waals surface area contributed by atoms with Crippen LogP contribution in [0.15, 0.2) is 41.0 Å². The summed E-state index contributed by atoms with van der Waals surface area (Å²) in [5.41, 5.74) is 0.383. The molecular weight excluding hydrogens is 279 g/mol. The summed E-state index contributed by atoms with van der Waals surface area (Å²) in [4.78, 5) is 0. The van der Waals surface area contributed by atoms with E-state index in [9.17, 15) is 13.2 Å². The Kier molecular flexibility index (Phi) is 3.87. The van der Waals surface area contributed by atoms with Crippen LogP contribution in [-0.4, -0.2) is 7.05 Å². The average Bonchev–Trinajstić information content (AvgIpc) is 2.76. The fourth-order valence-electron chi connectivity index (χ4n) is 1.91. The molecule has 0 aliphatic carbocycles. The lowest BCUT2D eigenvalue weighted by Gasteiger charge is -2.17. The van der Waals surface area contributed by atoms with Crippen molar-refractivity contribution < 1.29 is 17.6 Å². The summed E-state index contributed by atoms with van der Waals surface area (Å²) in [6, 6.07) is 6.30. The Morgan fingerprint density at radius 1 is 1.26 bits per heavy atom. The van der Waals surface area contributed by atoms with Gasteiger partial charge in [0, 0.05) is 5.56 Å². The van der Waals surface area contributed by atoms with Crippen molar-refractivity contribution in [2.75, 3.05) is 7.05 Å². The summed E-state index contributed by atoms with van der Waals surface area (Å²) >= 11 is 5.86. The van der Waals surface area contributed by atoms with E-state index in [1.165, 1.54) is 12.3 Å². The molecule has 0 bridgehead atoms. The lowest BCUT2D eigenvalue weighted by Crippen LogP contribution is -2.18. The van der Waals surface area contributed by atoms with Gasteiger partial charge in [-0.1, -0.05) is 12.1 Å². The Morgan fingerprint density at radius 3 is 2.53 bits per heavy atom. The zero-order valence-corrected chi connectivity index (χ0v) is 10.7. The van der Waals surface area contributed by atoms with Crippen LogP contribution < -0.4 is 5.32 Å². The number of hydrogen-bond donors (Lipinski definition) is 1. The lowest BCUT2D eigenvalue weighted by atomic mass is 9.99. The monoisotopic (exact) mass is 289 g/mol. The highest BCUT2D eigenvalue weighted by Gasteiger charge is 2.31. The first-order valence-corrected chi connectivity index (χ1v) is 5.88. The molecule has 0 aliphatic heterocycles. The largest absolute Gasteiger partial charge is 0.453 e. The molecule has 0 saturated heterocycles. The Balaban J connectivity index is 2.42. The van der Waals surface area contributed by atoms with Crippen LogP contribution in [0.1, 0.15) is 22.7 Å². The fraction of sp³-hybridized carbons (Fsp3) is 0.231. The van der Waals surface area contributed by atoms with Crippen molar-refractivity contribution in [3.8, 4) is 0 Å². The van der Waals surface area contributed by atoms with E-state index in [1.807, 2.05) is 0 Å². The Morgan fingerprint density at radius 2 is 2.00 bits per heavy atom. The van der Waals surface area contributed by atoms with Crippen molar-refractivity contribution in [1.29, 1.82) is 0 Å². The number of benzene rings is 1. The number of halogens is 4. The second-order valence-corrected chi connectivity index (χ2v) is 4.34. The van der Waals surface area contributed by atoms with Gasteiger partial charge in [0.15, 0.2) is 5.22 Å². The van der Waals surface area contributed by atoms with Crippen molar-refractivity contribution in [2.45, 2.75) is 12.2 Å². The molecule has 1 aromatic heterocycles. The second kappa shape index (κ2) is 5.27. The molecule has 1 atom stereocenters. The highest BCUT2D eigenvalue weighted by atomic mass is 35.5. The minimum absolute atomic E-state index is 0.164. The highest BCUT2D eigenvalue weighted by Crippen LogP contribution is 2.33. The van der Waals surface area contributed by atoms with Crippen molar-refractivity contribution in [1.82, 2.24) is 5.32 Å². The molecule has 2 rings (SSSR count). The second-order valence-electron chi connectivity index (χ2n) is 3.99. The van der Waals surface area contributed by atoms with Gasteiger partial charge in [-0.3, -0.25) is 0 Å². The molecule has 0 saturated carbocycles. The molecule has 0 aliphatic rings. The summed E-state index contributed by atoms with van der Waals surface area (Å²) < 4.78 is 43.0. The fourth-order valence-corrected chi connectivity index (χ4v) is 2.13. The van der Waals surface area contributed by atoms with Crippen LogP contribution in [0, 0.1) is 0 Å². The molecule has 2 aromatic rings. The van der Waals surface area contributed by atoms with Crippen molar-refractivity contribution >= 4 is 11.6 Å². The van der Waals surface area contributed by atoms with Crippen molar-refractivity contribution in [3.63, 3.8) is 0 Å². The summed E-state index contributed by atoms with van der Waals surface area (Å²) in [6.07, 6.45) is -2.97. The molecule has 1 unspecified atom stereocenters. The van der Waals surface area contributed by atoms with Gasteiger partial charge < -0.3 is 9.73 Å². The van der Waals surface area contributed by atoms with E-state index >= 15 is 0 Å². The first kappa shape index (κ1) is 14.0. The SMILES string of the molecule is CNC(c1cccc(C(F)(F)F)c1)c1ccoc1Cl. The minimum atomic E-state index is -4.37. The zero-order chi connectivity index (χ0) is 14.0. The predicted molar refractivity (Wildman–Crippen MR) is 66.1 cm³/mol. The van der Waals surface area contributed by atoms with Gasteiger partial charge in [0.25, 0.3) is 0 Å². The minimum Gasteiger partial charge on any atom is -0.453 e. The van der Waals surface area contributed by atoms with Gasteiger partial charge in [0.1, 0.15) is 0 Å². The topological polar surface area (TPSA) is 25.2 Å². The summed E-state index contributed by atoms with van der Waals surface area (Å²) in [7, 11) is 1.65. The smallest absolute Gasteiger partial charge is 0.416 e. The van der Waals surface area contributed by atoms with Crippen LogP contribution in [0.5, 0.6) is 0 Å². The van der Waals surface area contributed by atoms with Crippen LogP contribution in [-0.2, 0) is 6.18 Å². The number of alkyl halides is 3. The Hall–Kier alpha value is -1.46. The molecule has 102 valence electrons. The third-order valence-corrected chi connectivity index (χ3v) is 3.10. The molecule has 0 spiro atoms. The van der Waals surface area contributed by atoms with E-state index in [0.717, 1.165) is 12.1 Å². The van der Waals surface area contributed by atoms with E-state index in [2.05, 4.69) is 5.32 Å². The molecule has 0 radical (unpaired) electrons. The molecule has 6 heteroatoms. The Bertz CT molecular complexity index is 565. The van der Waals surface area contributed by atoms with Crippen molar-refractivity contribution in [3.05, 3.63) is 58.5 Å². The van der Waals surface area contributed by atoms with Crippen molar-refractivity contribution in [2.24, 2.45) is 0 Å². The van der Waals surface area contributed by atoms with Crippen LogP contribution in [0.3, 0.4) is 0 Å². The number of hydrogen-bond acceptors (Lipinski definition) is 2.